The molecule has 2 N–H and O–H groups in total. The number of ether oxygens (including phenoxy) is 1. The largest absolute Gasteiger partial charge is 0.492 e. The van der Waals surface area contributed by atoms with Gasteiger partial charge >= 0.3 is 0 Å². The average Bonchev–Trinajstić information content (AvgIpc) is 2.60. The van der Waals surface area contributed by atoms with Gasteiger partial charge in [0.15, 0.2) is 0 Å². The van der Waals surface area contributed by atoms with Crippen molar-refractivity contribution in [3.8, 4) is 5.75 Å². The van der Waals surface area contributed by atoms with Crippen LogP contribution in [0.5, 0.6) is 5.75 Å². The summed E-state index contributed by atoms with van der Waals surface area (Å²) < 4.78 is 5.72. The third-order valence-electron chi connectivity index (χ3n) is 4.09. The summed E-state index contributed by atoms with van der Waals surface area (Å²) in [5.41, 5.74) is 3.07. The summed E-state index contributed by atoms with van der Waals surface area (Å²) in [5, 5.41) is 6.36. The van der Waals surface area contributed by atoms with Gasteiger partial charge in [-0.3, -0.25) is 4.79 Å². The van der Waals surface area contributed by atoms with E-state index < -0.39 is 0 Å². The summed E-state index contributed by atoms with van der Waals surface area (Å²) in [5.74, 6) is 0.754. The van der Waals surface area contributed by atoms with Crippen molar-refractivity contribution in [2.75, 3.05) is 18.5 Å². The molecule has 0 aliphatic carbocycles. The Morgan fingerprint density at radius 2 is 1.96 bits per heavy atom. The van der Waals surface area contributed by atoms with Crippen LogP contribution in [0.2, 0.25) is 0 Å². The van der Waals surface area contributed by atoms with E-state index in [9.17, 15) is 4.79 Å². The monoisotopic (exact) mass is 310 g/mol. The molecule has 0 radical (unpaired) electrons. The van der Waals surface area contributed by atoms with Crippen LogP contribution in [0, 0.1) is 5.92 Å². The average molecular weight is 310 g/mol. The molecule has 1 atom stereocenters. The van der Waals surface area contributed by atoms with E-state index in [0.29, 0.717) is 6.61 Å². The molecule has 4 nitrogen and oxygen atoms in total. The minimum atomic E-state index is -0.155. The van der Waals surface area contributed by atoms with Crippen molar-refractivity contribution in [1.82, 2.24) is 5.32 Å². The lowest BCUT2D eigenvalue weighted by molar-refractivity contribution is -0.121. The third-order valence-corrected chi connectivity index (χ3v) is 4.09. The van der Waals surface area contributed by atoms with Crippen LogP contribution in [0.1, 0.15) is 18.1 Å². The maximum atomic E-state index is 12.6. The van der Waals surface area contributed by atoms with E-state index in [1.54, 1.807) is 0 Å². The molecule has 23 heavy (non-hydrogen) atoms. The van der Waals surface area contributed by atoms with Gasteiger partial charge in [-0.25, -0.2) is 0 Å². The second-order valence-electron chi connectivity index (χ2n) is 5.75. The Labute approximate surface area is 136 Å². The number of anilines is 1. The van der Waals surface area contributed by atoms with Gasteiger partial charge in [-0.15, -0.1) is 0 Å². The molecule has 0 aromatic heterocycles. The molecule has 120 valence electrons. The lowest BCUT2D eigenvalue weighted by Gasteiger charge is -2.25. The van der Waals surface area contributed by atoms with Crippen molar-refractivity contribution in [3.05, 3.63) is 59.7 Å². The Bertz CT molecular complexity index is 685. The molecule has 1 aliphatic rings. The fourth-order valence-electron chi connectivity index (χ4n) is 2.79. The topological polar surface area (TPSA) is 50.4 Å². The zero-order chi connectivity index (χ0) is 16.1. The Kier molecular flexibility index (Phi) is 4.93. The van der Waals surface area contributed by atoms with Gasteiger partial charge in [-0.1, -0.05) is 43.3 Å². The second kappa shape index (κ2) is 7.29. The van der Waals surface area contributed by atoms with Gasteiger partial charge < -0.3 is 15.4 Å². The summed E-state index contributed by atoms with van der Waals surface area (Å²) >= 11 is 0. The molecule has 0 saturated heterocycles. The number of benzene rings is 2. The maximum absolute atomic E-state index is 12.6. The van der Waals surface area contributed by atoms with Crippen molar-refractivity contribution in [1.29, 1.82) is 0 Å². The highest BCUT2D eigenvalue weighted by atomic mass is 16.5. The Balaban J connectivity index is 1.68. The molecular weight excluding hydrogens is 288 g/mol. The van der Waals surface area contributed by atoms with Crippen LogP contribution in [0.4, 0.5) is 5.69 Å². The molecular formula is C19H22N2O2. The zero-order valence-electron chi connectivity index (χ0n) is 13.3. The van der Waals surface area contributed by atoms with Crippen molar-refractivity contribution in [2.24, 2.45) is 5.92 Å². The molecule has 0 bridgehead atoms. The quantitative estimate of drug-likeness (QED) is 0.892. The zero-order valence-corrected chi connectivity index (χ0v) is 13.3. The Morgan fingerprint density at radius 3 is 2.83 bits per heavy atom. The van der Waals surface area contributed by atoms with Gasteiger partial charge in [-0.2, -0.15) is 0 Å². The first-order valence-corrected chi connectivity index (χ1v) is 8.08. The molecule has 1 amide bonds. The summed E-state index contributed by atoms with van der Waals surface area (Å²) in [4.78, 5) is 12.6. The molecule has 0 saturated carbocycles. The second-order valence-corrected chi connectivity index (χ2v) is 5.75. The minimum absolute atomic E-state index is 0.0171. The Morgan fingerprint density at radius 1 is 1.17 bits per heavy atom. The molecule has 4 heteroatoms. The first-order chi connectivity index (χ1) is 11.3. The fraction of sp³-hybridized carbons (Fsp3) is 0.316. The van der Waals surface area contributed by atoms with Crippen molar-refractivity contribution < 1.29 is 9.53 Å². The van der Waals surface area contributed by atoms with Crippen LogP contribution >= 0.6 is 0 Å². The highest BCUT2D eigenvalue weighted by Gasteiger charge is 2.26. The fourth-order valence-corrected chi connectivity index (χ4v) is 2.79. The van der Waals surface area contributed by atoms with Crippen molar-refractivity contribution >= 4 is 11.6 Å². The number of hydrogen-bond acceptors (Lipinski definition) is 3. The smallest absolute Gasteiger partial charge is 0.231 e. The number of nitrogens with one attached hydrogen (secondary N) is 2. The van der Waals surface area contributed by atoms with Crippen LogP contribution in [-0.2, 0) is 17.8 Å². The standard InChI is InChI=1S/C19H22N2O2/c1-2-20-12-15-8-3-5-9-17(15)21-19(22)16-11-14-7-4-6-10-18(14)23-13-16/h3-10,16,20H,2,11-13H2,1H3,(H,21,22). The van der Waals surface area contributed by atoms with Gasteiger partial charge in [0.25, 0.3) is 0 Å². The predicted molar refractivity (Wildman–Crippen MR) is 91.6 cm³/mol. The number of carbonyl (C=O) groups excluding carboxylic acids is 1. The van der Waals surface area contributed by atoms with Gasteiger partial charge in [0, 0.05) is 12.2 Å². The van der Waals surface area contributed by atoms with Crippen LogP contribution in [0.3, 0.4) is 0 Å². The predicted octanol–water partition coefficient (Wildman–Crippen LogP) is 2.99. The SMILES string of the molecule is CCNCc1ccccc1NC(=O)C1COc2ccccc2C1. The number of amides is 1. The number of hydrogen-bond donors (Lipinski definition) is 2. The van der Waals surface area contributed by atoms with Crippen LogP contribution in [0.15, 0.2) is 48.5 Å². The number of carbonyl (C=O) groups is 1. The van der Waals surface area contributed by atoms with Gasteiger partial charge in [0.1, 0.15) is 12.4 Å². The summed E-state index contributed by atoms with van der Waals surface area (Å²) in [7, 11) is 0. The van der Waals surface area contributed by atoms with E-state index in [1.165, 1.54) is 0 Å². The van der Waals surface area contributed by atoms with Gasteiger partial charge in [0.2, 0.25) is 5.91 Å². The third kappa shape index (κ3) is 3.71. The van der Waals surface area contributed by atoms with E-state index in [1.807, 2.05) is 48.5 Å². The molecule has 1 unspecified atom stereocenters. The van der Waals surface area contributed by atoms with Crippen LogP contribution in [-0.4, -0.2) is 19.1 Å². The first kappa shape index (κ1) is 15.6. The molecule has 1 heterocycles. The van der Waals surface area contributed by atoms with E-state index in [-0.39, 0.29) is 11.8 Å². The van der Waals surface area contributed by atoms with Gasteiger partial charge in [0.05, 0.1) is 5.92 Å². The van der Waals surface area contributed by atoms with E-state index >= 15 is 0 Å². The molecule has 2 aromatic rings. The lowest BCUT2D eigenvalue weighted by atomic mass is 9.96. The number of fused-ring (bicyclic) bond motifs is 1. The molecule has 1 aliphatic heterocycles. The number of para-hydroxylation sites is 2. The summed E-state index contributed by atoms with van der Waals surface area (Å²) in [6.45, 7) is 4.14. The summed E-state index contributed by atoms with van der Waals surface area (Å²) in [6.07, 6.45) is 0.720. The van der Waals surface area contributed by atoms with Crippen LogP contribution in [0.25, 0.3) is 0 Å². The number of rotatable bonds is 5. The molecule has 0 fully saturated rings. The first-order valence-electron chi connectivity index (χ1n) is 8.08. The molecule has 2 aromatic carbocycles. The maximum Gasteiger partial charge on any atom is 0.231 e. The lowest BCUT2D eigenvalue weighted by Crippen LogP contribution is -2.33. The summed E-state index contributed by atoms with van der Waals surface area (Å²) in [6, 6.07) is 15.8. The van der Waals surface area contributed by atoms with E-state index in [4.69, 9.17) is 4.74 Å². The van der Waals surface area contributed by atoms with Crippen molar-refractivity contribution in [2.45, 2.75) is 19.9 Å². The normalized spacial score (nSPS) is 16.3. The Hall–Kier alpha value is -2.33. The van der Waals surface area contributed by atoms with Crippen LogP contribution < -0.4 is 15.4 Å². The van der Waals surface area contributed by atoms with Crippen molar-refractivity contribution in [3.63, 3.8) is 0 Å². The van der Waals surface area contributed by atoms with Gasteiger partial charge in [-0.05, 0) is 36.2 Å². The molecule has 3 rings (SSSR count). The minimum Gasteiger partial charge on any atom is -0.492 e. The van der Waals surface area contributed by atoms with E-state index in [0.717, 1.165) is 42.1 Å². The van der Waals surface area contributed by atoms with E-state index in [2.05, 4.69) is 17.6 Å². The highest BCUT2D eigenvalue weighted by molar-refractivity contribution is 5.93. The molecule has 0 spiro atoms. The highest BCUT2D eigenvalue weighted by Crippen LogP contribution is 2.27.